The van der Waals surface area contributed by atoms with E-state index < -0.39 is 6.17 Å². The molecule has 3 heteroatoms. The number of halogens is 1. The van der Waals surface area contributed by atoms with Crippen LogP contribution in [0.2, 0.25) is 0 Å². The van der Waals surface area contributed by atoms with E-state index in [0.29, 0.717) is 6.42 Å². The van der Waals surface area contributed by atoms with E-state index in [4.69, 9.17) is 5.73 Å². The van der Waals surface area contributed by atoms with Gasteiger partial charge in [-0.1, -0.05) is 30.3 Å². The van der Waals surface area contributed by atoms with Crippen molar-refractivity contribution in [2.45, 2.75) is 25.1 Å². The summed E-state index contributed by atoms with van der Waals surface area (Å²) in [6.07, 6.45) is 0.585. The number of alkyl halides is 1. The lowest BCUT2D eigenvalue weighted by atomic mass is 9.88. The van der Waals surface area contributed by atoms with Crippen molar-refractivity contribution in [1.29, 1.82) is 0 Å². The summed E-state index contributed by atoms with van der Waals surface area (Å²) in [6, 6.07) is 9.48. The highest BCUT2D eigenvalue weighted by molar-refractivity contribution is 5.17. The van der Waals surface area contributed by atoms with Crippen LogP contribution in [0.4, 0.5) is 4.39 Å². The minimum atomic E-state index is -0.892. The molecular weight excluding hydrogens is 203 g/mol. The molecule has 0 amide bonds. The Labute approximate surface area is 96.0 Å². The van der Waals surface area contributed by atoms with E-state index in [2.05, 4.69) is 5.32 Å². The standard InChI is InChI=1S/C13H19FN2/c14-12(10-4-2-1-3-5-10)8-11-9-16-7-6-13(11)15/h1-5,11-13,16H,6-9,15H2. The first-order valence-electron chi connectivity index (χ1n) is 5.92. The third-order valence-electron chi connectivity index (χ3n) is 3.34. The molecular formula is C13H19FN2. The molecule has 3 atom stereocenters. The van der Waals surface area contributed by atoms with Gasteiger partial charge in [0.2, 0.25) is 0 Å². The molecule has 2 rings (SSSR count). The smallest absolute Gasteiger partial charge is 0.125 e. The van der Waals surface area contributed by atoms with E-state index in [1.54, 1.807) is 0 Å². The van der Waals surface area contributed by atoms with Crippen LogP contribution in [0.1, 0.15) is 24.6 Å². The number of nitrogens with two attached hydrogens (primary N) is 1. The maximum absolute atomic E-state index is 14.0. The second kappa shape index (κ2) is 5.41. The van der Waals surface area contributed by atoms with Crippen molar-refractivity contribution in [3.05, 3.63) is 35.9 Å². The summed E-state index contributed by atoms with van der Waals surface area (Å²) in [5, 5.41) is 3.28. The van der Waals surface area contributed by atoms with Crippen LogP contribution in [-0.4, -0.2) is 19.1 Å². The molecule has 3 unspecified atom stereocenters. The van der Waals surface area contributed by atoms with Crippen molar-refractivity contribution in [2.75, 3.05) is 13.1 Å². The van der Waals surface area contributed by atoms with Gasteiger partial charge < -0.3 is 11.1 Å². The lowest BCUT2D eigenvalue weighted by Crippen LogP contribution is -2.45. The molecule has 1 aliphatic heterocycles. The summed E-state index contributed by atoms with van der Waals surface area (Å²) in [5.74, 6) is 0.254. The Kier molecular flexibility index (Phi) is 3.91. The fraction of sp³-hybridized carbons (Fsp3) is 0.538. The van der Waals surface area contributed by atoms with Crippen LogP contribution >= 0.6 is 0 Å². The van der Waals surface area contributed by atoms with E-state index in [-0.39, 0.29) is 12.0 Å². The van der Waals surface area contributed by atoms with Gasteiger partial charge in [-0.15, -0.1) is 0 Å². The van der Waals surface area contributed by atoms with Crippen LogP contribution in [0.5, 0.6) is 0 Å². The molecule has 0 aromatic heterocycles. The van der Waals surface area contributed by atoms with Gasteiger partial charge in [0.1, 0.15) is 6.17 Å². The van der Waals surface area contributed by atoms with Crippen molar-refractivity contribution in [3.8, 4) is 0 Å². The van der Waals surface area contributed by atoms with Crippen LogP contribution in [0.15, 0.2) is 30.3 Å². The van der Waals surface area contributed by atoms with Gasteiger partial charge >= 0.3 is 0 Å². The van der Waals surface area contributed by atoms with Gasteiger partial charge in [0.05, 0.1) is 0 Å². The van der Waals surface area contributed by atoms with E-state index in [9.17, 15) is 4.39 Å². The zero-order chi connectivity index (χ0) is 11.4. The normalized spacial score (nSPS) is 27.6. The van der Waals surface area contributed by atoms with Gasteiger partial charge in [-0.25, -0.2) is 4.39 Å². The second-order valence-corrected chi connectivity index (χ2v) is 4.53. The van der Waals surface area contributed by atoms with Crippen molar-refractivity contribution < 1.29 is 4.39 Å². The Balaban J connectivity index is 1.94. The Morgan fingerprint density at radius 2 is 2.12 bits per heavy atom. The van der Waals surface area contributed by atoms with E-state index >= 15 is 0 Å². The first-order valence-corrected chi connectivity index (χ1v) is 5.92. The molecule has 1 fully saturated rings. The van der Waals surface area contributed by atoms with Gasteiger partial charge in [0.25, 0.3) is 0 Å². The summed E-state index contributed by atoms with van der Waals surface area (Å²) < 4.78 is 14.0. The van der Waals surface area contributed by atoms with Crippen LogP contribution in [0.25, 0.3) is 0 Å². The molecule has 0 spiro atoms. The quantitative estimate of drug-likeness (QED) is 0.821. The Hall–Kier alpha value is -0.930. The molecule has 0 saturated carbocycles. The maximum atomic E-state index is 14.0. The number of piperidine rings is 1. The number of benzene rings is 1. The van der Waals surface area contributed by atoms with Gasteiger partial charge in [-0.05, 0) is 37.4 Å². The van der Waals surface area contributed by atoms with Crippen LogP contribution < -0.4 is 11.1 Å². The highest BCUT2D eigenvalue weighted by Gasteiger charge is 2.25. The van der Waals surface area contributed by atoms with E-state index in [0.717, 1.165) is 25.1 Å². The summed E-state index contributed by atoms with van der Waals surface area (Å²) in [4.78, 5) is 0. The van der Waals surface area contributed by atoms with Crippen LogP contribution in [0.3, 0.4) is 0 Å². The van der Waals surface area contributed by atoms with Gasteiger partial charge in [0, 0.05) is 6.04 Å². The van der Waals surface area contributed by atoms with Gasteiger partial charge in [0.15, 0.2) is 0 Å². The lowest BCUT2D eigenvalue weighted by molar-refractivity contribution is 0.222. The first-order chi connectivity index (χ1) is 7.77. The largest absolute Gasteiger partial charge is 0.327 e. The number of nitrogens with one attached hydrogen (secondary N) is 1. The van der Waals surface area contributed by atoms with Crippen LogP contribution in [0, 0.1) is 5.92 Å². The maximum Gasteiger partial charge on any atom is 0.125 e. The Bertz CT molecular complexity index is 315. The first kappa shape index (κ1) is 11.6. The topological polar surface area (TPSA) is 38.0 Å². The average molecular weight is 222 g/mol. The minimum absolute atomic E-state index is 0.142. The Morgan fingerprint density at radius 1 is 1.38 bits per heavy atom. The molecule has 1 saturated heterocycles. The van der Waals surface area contributed by atoms with E-state index in [1.165, 1.54) is 0 Å². The van der Waals surface area contributed by atoms with Crippen molar-refractivity contribution in [1.82, 2.24) is 5.32 Å². The van der Waals surface area contributed by atoms with Crippen molar-refractivity contribution in [2.24, 2.45) is 11.7 Å². The molecule has 0 aliphatic carbocycles. The molecule has 0 bridgehead atoms. The lowest BCUT2D eigenvalue weighted by Gasteiger charge is -2.30. The molecule has 1 aromatic carbocycles. The molecule has 3 N–H and O–H groups in total. The van der Waals surface area contributed by atoms with Crippen molar-refractivity contribution >= 4 is 0 Å². The molecule has 1 aliphatic rings. The zero-order valence-electron chi connectivity index (χ0n) is 9.40. The molecule has 0 radical (unpaired) electrons. The summed E-state index contributed by atoms with van der Waals surface area (Å²) in [5.41, 5.74) is 6.76. The number of hydrogen-bond donors (Lipinski definition) is 2. The molecule has 88 valence electrons. The second-order valence-electron chi connectivity index (χ2n) is 4.53. The SMILES string of the molecule is NC1CCNCC1CC(F)c1ccccc1. The average Bonchev–Trinajstić information content (AvgIpc) is 2.33. The van der Waals surface area contributed by atoms with Crippen molar-refractivity contribution in [3.63, 3.8) is 0 Å². The Morgan fingerprint density at radius 3 is 2.81 bits per heavy atom. The summed E-state index contributed by atoms with van der Waals surface area (Å²) in [7, 11) is 0. The molecule has 16 heavy (non-hydrogen) atoms. The molecule has 2 nitrogen and oxygen atoms in total. The molecule has 1 heterocycles. The third kappa shape index (κ3) is 2.80. The summed E-state index contributed by atoms with van der Waals surface area (Å²) >= 11 is 0. The van der Waals surface area contributed by atoms with Crippen LogP contribution in [-0.2, 0) is 0 Å². The van der Waals surface area contributed by atoms with E-state index in [1.807, 2.05) is 30.3 Å². The molecule has 1 aromatic rings. The number of hydrogen-bond acceptors (Lipinski definition) is 2. The monoisotopic (exact) mass is 222 g/mol. The van der Waals surface area contributed by atoms with Gasteiger partial charge in [-0.2, -0.15) is 0 Å². The summed E-state index contributed by atoms with van der Waals surface area (Å²) in [6.45, 7) is 1.80. The highest BCUT2D eigenvalue weighted by Crippen LogP contribution is 2.27. The number of rotatable bonds is 3. The predicted molar refractivity (Wildman–Crippen MR) is 63.9 cm³/mol. The van der Waals surface area contributed by atoms with Gasteiger partial charge in [-0.3, -0.25) is 0 Å². The highest BCUT2D eigenvalue weighted by atomic mass is 19.1. The fourth-order valence-electron chi connectivity index (χ4n) is 2.27. The third-order valence-corrected chi connectivity index (χ3v) is 3.34. The minimum Gasteiger partial charge on any atom is -0.327 e. The fourth-order valence-corrected chi connectivity index (χ4v) is 2.27. The predicted octanol–water partition coefficient (Wildman–Crippen LogP) is 2.02. The zero-order valence-corrected chi connectivity index (χ0v) is 9.40.